The van der Waals surface area contributed by atoms with Crippen LogP contribution in [0.1, 0.15) is 60.9 Å². The molecule has 0 aromatic heterocycles. The number of carbonyl (C=O) groups is 4. The summed E-state index contributed by atoms with van der Waals surface area (Å²) in [5, 5.41) is -0.0189. The molecular formula is C31H39N3O5Si. The zero-order valence-electron chi connectivity index (χ0n) is 24.4. The second-order valence-electron chi connectivity index (χ2n) is 13.0. The number of imide groups is 1. The van der Waals surface area contributed by atoms with Crippen LogP contribution >= 0.6 is 0 Å². The van der Waals surface area contributed by atoms with Gasteiger partial charge in [-0.1, -0.05) is 77.1 Å². The van der Waals surface area contributed by atoms with Crippen LogP contribution in [-0.2, 0) is 20.6 Å². The maximum absolute atomic E-state index is 14.3. The van der Waals surface area contributed by atoms with Crippen LogP contribution in [0.4, 0.5) is 0 Å². The van der Waals surface area contributed by atoms with Crippen molar-refractivity contribution in [2.75, 3.05) is 6.61 Å². The first-order valence-corrected chi connectivity index (χ1v) is 16.9. The summed E-state index contributed by atoms with van der Waals surface area (Å²) in [6, 6.07) is 13.6. The van der Waals surface area contributed by atoms with E-state index in [9.17, 15) is 19.2 Å². The van der Waals surface area contributed by atoms with Crippen molar-refractivity contribution < 1.29 is 23.6 Å². The highest BCUT2D eigenvalue weighted by Crippen LogP contribution is 2.43. The van der Waals surface area contributed by atoms with Gasteiger partial charge in [0.25, 0.3) is 11.8 Å². The van der Waals surface area contributed by atoms with E-state index >= 15 is 0 Å². The lowest BCUT2D eigenvalue weighted by atomic mass is 9.79. The van der Waals surface area contributed by atoms with Crippen LogP contribution in [0.25, 0.3) is 0 Å². The predicted molar refractivity (Wildman–Crippen MR) is 154 cm³/mol. The molecule has 0 bridgehead atoms. The molecule has 2 fully saturated rings. The summed E-state index contributed by atoms with van der Waals surface area (Å²) in [7, 11) is -2.16. The van der Waals surface area contributed by atoms with Crippen LogP contribution in [0, 0.1) is 5.92 Å². The number of hydrogen-bond donors (Lipinski definition) is 0. The first kappa shape index (κ1) is 28.2. The van der Waals surface area contributed by atoms with E-state index in [1.54, 1.807) is 29.2 Å². The Morgan fingerprint density at radius 2 is 1.38 bits per heavy atom. The van der Waals surface area contributed by atoms with E-state index in [0.717, 1.165) is 10.5 Å². The molecule has 0 spiro atoms. The lowest BCUT2D eigenvalue weighted by Gasteiger charge is -2.61. The SMILES string of the molecule is CC(C)[C@@H]1[C@@H](CO[Si](C)(C)C(C)(C)C)N(Cc2ccccc2)C(=O)[C@H]2[C@H](N3C(=O)c4ccccc4C3=O)C(=O)N12. The Balaban J connectivity index is 1.52. The van der Waals surface area contributed by atoms with Crippen molar-refractivity contribution in [3.05, 3.63) is 71.3 Å². The molecule has 3 heterocycles. The molecule has 3 aliphatic rings. The van der Waals surface area contributed by atoms with Gasteiger partial charge in [-0.2, -0.15) is 0 Å². The minimum absolute atomic E-state index is 0.00830. The van der Waals surface area contributed by atoms with Crippen molar-refractivity contribution in [3.63, 3.8) is 0 Å². The van der Waals surface area contributed by atoms with Crippen molar-refractivity contribution in [1.82, 2.24) is 14.7 Å². The van der Waals surface area contributed by atoms with Crippen LogP contribution in [0.3, 0.4) is 0 Å². The van der Waals surface area contributed by atoms with E-state index in [-0.39, 0.29) is 46.0 Å². The monoisotopic (exact) mass is 561 g/mol. The fourth-order valence-electron chi connectivity index (χ4n) is 5.94. The molecule has 5 rings (SSSR count). The highest BCUT2D eigenvalue weighted by molar-refractivity contribution is 6.74. The number of nitrogens with zero attached hydrogens (tertiary/aromatic N) is 3. The van der Waals surface area contributed by atoms with E-state index in [1.165, 1.54) is 0 Å². The first-order valence-electron chi connectivity index (χ1n) is 14.0. The lowest BCUT2D eigenvalue weighted by molar-refractivity contribution is -0.189. The summed E-state index contributed by atoms with van der Waals surface area (Å²) in [5.41, 5.74) is 1.50. The molecule has 0 N–H and O–H groups in total. The zero-order valence-corrected chi connectivity index (χ0v) is 25.4. The van der Waals surface area contributed by atoms with Crippen LogP contribution in [0.15, 0.2) is 54.6 Å². The van der Waals surface area contributed by atoms with Crippen LogP contribution in [0.2, 0.25) is 18.1 Å². The van der Waals surface area contributed by atoms with Crippen molar-refractivity contribution >= 4 is 31.9 Å². The molecule has 212 valence electrons. The van der Waals surface area contributed by atoms with Crippen LogP contribution in [-0.4, -0.2) is 77.4 Å². The summed E-state index contributed by atoms with van der Waals surface area (Å²) >= 11 is 0. The standard InChI is InChI=1S/C31H39N3O5Si/c1-19(2)24-23(18-39-40(6,7)31(3,4)5)32(17-20-13-9-8-10-14-20)29(37)25-26(30(38)33(24)25)34-27(35)21-15-11-12-16-22(21)28(34)36/h8-16,19,23-26H,17-18H2,1-7H3/t23-,24-,25-,26+/m1/s1. The van der Waals surface area contributed by atoms with Gasteiger partial charge in [0.15, 0.2) is 8.32 Å². The van der Waals surface area contributed by atoms with Gasteiger partial charge in [0.2, 0.25) is 11.8 Å². The van der Waals surface area contributed by atoms with E-state index in [4.69, 9.17) is 4.43 Å². The van der Waals surface area contributed by atoms with E-state index < -0.39 is 32.2 Å². The third-order valence-electron chi connectivity index (χ3n) is 9.16. The van der Waals surface area contributed by atoms with Gasteiger partial charge < -0.3 is 14.2 Å². The fraction of sp³-hybridized carbons (Fsp3) is 0.484. The minimum atomic E-state index is -2.16. The average molecular weight is 562 g/mol. The molecular weight excluding hydrogens is 522 g/mol. The number of hydrogen-bond acceptors (Lipinski definition) is 5. The number of amides is 4. The topological polar surface area (TPSA) is 87.2 Å². The smallest absolute Gasteiger partial charge is 0.262 e. The predicted octanol–water partition coefficient (Wildman–Crippen LogP) is 4.32. The molecule has 8 nitrogen and oxygen atoms in total. The van der Waals surface area contributed by atoms with Gasteiger partial charge in [0, 0.05) is 6.54 Å². The number of carbonyl (C=O) groups excluding carboxylic acids is 4. The van der Waals surface area contributed by atoms with E-state index in [0.29, 0.717) is 13.2 Å². The third-order valence-corrected chi connectivity index (χ3v) is 13.7. The number of β-lactam (4-membered cyclic amide) rings is 1. The lowest BCUT2D eigenvalue weighted by Crippen LogP contribution is -2.84. The number of piperazine rings is 1. The van der Waals surface area contributed by atoms with Gasteiger partial charge in [0.1, 0.15) is 12.1 Å². The Hall–Kier alpha value is -3.30. The highest BCUT2D eigenvalue weighted by atomic mass is 28.4. The van der Waals surface area contributed by atoms with Crippen molar-refractivity contribution in [3.8, 4) is 0 Å². The largest absolute Gasteiger partial charge is 0.415 e. The normalized spacial score (nSPS) is 24.9. The Morgan fingerprint density at radius 3 is 1.90 bits per heavy atom. The molecule has 0 aliphatic carbocycles. The zero-order chi connectivity index (χ0) is 29.1. The molecule has 2 aromatic carbocycles. The summed E-state index contributed by atoms with van der Waals surface area (Å²) in [6.45, 7) is 15.6. The van der Waals surface area contributed by atoms with Crippen molar-refractivity contribution in [1.29, 1.82) is 0 Å². The molecule has 3 aliphatic heterocycles. The Labute approximate surface area is 237 Å². The highest BCUT2D eigenvalue weighted by Gasteiger charge is 2.66. The molecule has 4 amide bonds. The summed E-state index contributed by atoms with van der Waals surface area (Å²) < 4.78 is 6.66. The second-order valence-corrected chi connectivity index (χ2v) is 17.8. The molecule has 0 unspecified atom stereocenters. The maximum Gasteiger partial charge on any atom is 0.262 e. The molecule has 2 saturated heterocycles. The van der Waals surface area contributed by atoms with Gasteiger partial charge >= 0.3 is 0 Å². The molecule has 0 saturated carbocycles. The van der Waals surface area contributed by atoms with Crippen molar-refractivity contribution in [2.24, 2.45) is 5.92 Å². The van der Waals surface area contributed by atoms with Gasteiger partial charge in [-0.15, -0.1) is 0 Å². The quantitative estimate of drug-likeness (QED) is 0.286. The van der Waals surface area contributed by atoms with Crippen LogP contribution < -0.4 is 0 Å². The Bertz CT molecular complexity index is 1320. The van der Waals surface area contributed by atoms with E-state index in [1.807, 2.05) is 49.1 Å². The molecule has 2 aromatic rings. The molecule has 9 heteroatoms. The summed E-state index contributed by atoms with van der Waals surface area (Å²) in [5.74, 6) is -1.65. The average Bonchev–Trinajstić information content (AvgIpc) is 3.14. The molecule has 4 atom stereocenters. The molecule has 0 radical (unpaired) electrons. The number of rotatable bonds is 7. The van der Waals surface area contributed by atoms with Gasteiger partial charge in [-0.3, -0.25) is 24.1 Å². The second kappa shape index (κ2) is 9.96. The number of fused-ring (bicyclic) bond motifs is 2. The van der Waals surface area contributed by atoms with Gasteiger partial charge in [0.05, 0.1) is 29.8 Å². The Morgan fingerprint density at radius 1 is 0.825 bits per heavy atom. The Kier molecular flexibility index (Phi) is 7.03. The first-order chi connectivity index (χ1) is 18.8. The minimum Gasteiger partial charge on any atom is -0.415 e. The fourth-order valence-corrected chi connectivity index (χ4v) is 6.96. The van der Waals surface area contributed by atoms with E-state index in [2.05, 4.69) is 33.9 Å². The van der Waals surface area contributed by atoms with Gasteiger partial charge in [-0.25, -0.2) is 0 Å². The maximum atomic E-state index is 14.3. The molecule has 40 heavy (non-hydrogen) atoms. The van der Waals surface area contributed by atoms with Crippen LogP contribution in [0.5, 0.6) is 0 Å². The van der Waals surface area contributed by atoms with Gasteiger partial charge in [-0.05, 0) is 41.7 Å². The summed E-state index contributed by atoms with van der Waals surface area (Å²) in [4.78, 5) is 59.3. The number of benzene rings is 2. The van der Waals surface area contributed by atoms with Crippen molar-refractivity contribution in [2.45, 2.75) is 83.5 Å². The third kappa shape index (κ3) is 4.39. The summed E-state index contributed by atoms with van der Waals surface area (Å²) in [6.07, 6.45) is 0.